The Balaban J connectivity index is 2.10. The first-order valence-corrected chi connectivity index (χ1v) is 4.66. The summed E-state index contributed by atoms with van der Waals surface area (Å²) in [4.78, 5) is 0. The molecule has 1 fully saturated rings. The molecule has 0 unspecified atom stereocenters. The topological polar surface area (TPSA) is 50.1 Å². The van der Waals surface area contributed by atoms with Crippen molar-refractivity contribution in [2.24, 2.45) is 0 Å². The summed E-state index contributed by atoms with van der Waals surface area (Å²) in [6, 6.07) is 8.51. The van der Waals surface area contributed by atoms with Gasteiger partial charge in [0.1, 0.15) is 0 Å². The maximum Gasteiger partial charge on any atom is 0.0447 e. The van der Waals surface area contributed by atoms with Gasteiger partial charge in [-0.1, -0.05) is 12.1 Å². The minimum atomic E-state index is 0.439. The van der Waals surface area contributed by atoms with Gasteiger partial charge in [-0.05, 0) is 17.7 Å². The highest BCUT2D eigenvalue weighted by Gasteiger charge is 2.13. The SMILES string of the molecule is Nc1ccc([C@@H]2CNCCN2)cc1. The second kappa shape index (κ2) is 3.77. The Morgan fingerprint density at radius 2 is 1.92 bits per heavy atom. The van der Waals surface area contributed by atoms with Crippen LogP contribution in [-0.2, 0) is 0 Å². The van der Waals surface area contributed by atoms with E-state index in [1.807, 2.05) is 12.1 Å². The van der Waals surface area contributed by atoms with Crippen molar-refractivity contribution in [1.29, 1.82) is 0 Å². The van der Waals surface area contributed by atoms with E-state index in [4.69, 9.17) is 5.73 Å². The molecule has 13 heavy (non-hydrogen) atoms. The highest BCUT2D eigenvalue weighted by atomic mass is 15.1. The maximum absolute atomic E-state index is 5.62. The second-order valence-corrected chi connectivity index (χ2v) is 3.38. The lowest BCUT2D eigenvalue weighted by Crippen LogP contribution is -2.42. The summed E-state index contributed by atoms with van der Waals surface area (Å²) >= 11 is 0. The normalized spacial score (nSPS) is 22.9. The van der Waals surface area contributed by atoms with Crippen LogP contribution in [0.3, 0.4) is 0 Å². The van der Waals surface area contributed by atoms with E-state index in [1.165, 1.54) is 5.56 Å². The predicted octanol–water partition coefficient (Wildman–Crippen LogP) is 0.503. The smallest absolute Gasteiger partial charge is 0.0447 e. The molecule has 0 bridgehead atoms. The Kier molecular flexibility index (Phi) is 2.47. The minimum Gasteiger partial charge on any atom is -0.399 e. The van der Waals surface area contributed by atoms with Crippen LogP contribution in [0.5, 0.6) is 0 Å². The van der Waals surface area contributed by atoms with Crippen LogP contribution in [-0.4, -0.2) is 19.6 Å². The molecule has 3 heteroatoms. The average Bonchev–Trinajstić information content (AvgIpc) is 2.20. The van der Waals surface area contributed by atoms with Crippen molar-refractivity contribution in [3.8, 4) is 0 Å². The number of hydrogen-bond acceptors (Lipinski definition) is 3. The number of anilines is 1. The Hall–Kier alpha value is -1.06. The van der Waals surface area contributed by atoms with Gasteiger partial charge in [-0.2, -0.15) is 0 Å². The molecule has 1 aromatic carbocycles. The molecule has 0 amide bonds. The van der Waals surface area contributed by atoms with E-state index in [0.717, 1.165) is 25.3 Å². The molecule has 2 rings (SSSR count). The van der Waals surface area contributed by atoms with Gasteiger partial charge in [0.05, 0.1) is 0 Å². The maximum atomic E-state index is 5.62. The number of piperazine rings is 1. The van der Waals surface area contributed by atoms with Crippen molar-refractivity contribution in [2.75, 3.05) is 25.4 Å². The van der Waals surface area contributed by atoms with Gasteiger partial charge in [0.2, 0.25) is 0 Å². The first-order valence-electron chi connectivity index (χ1n) is 4.66. The second-order valence-electron chi connectivity index (χ2n) is 3.38. The number of hydrogen-bond donors (Lipinski definition) is 3. The predicted molar refractivity (Wildman–Crippen MR) is 54.5 cm³/mol. The molecule has 1 saturated heterocycles. The van der Waals surface area contributed by atoms with Gasteiger partial charge in [0, 0.05) is 31.4 Å². The standard InChI is InChI=1S/C10H15N3/c11-9-3-1-8(2-4-9)10-7-12-5-6-13-10/h1-4,10,12-13H,5-7,11H2/t10-/m0/s1. The third-order valence-corrected chi connectivity index (χ3v) is 2.38. The third-order valence-electron chi connectivity index (χ3n) is 2.38. The van der Waals surface area contributed by atoms with E-state index in [1.54, 1.807) is 0 Å². The molecule has 0 saturated carbocycles. The number of benzene rings is 1. The van der Waals surface area contributed by atoms with Crippen LogP contribution in [0, 0.1) is 0 Å². The van der Waals surface area contributed by atoms with Crippen LogP contribution in [0.2, 0.25) is 0 Å². The van der Waals surface area contributed by atoms with Crippen molar-refractivity contribution < 1.29 is 0 Å². The first kappa shape index (κ1) is 8.53. The summed E-state index contributed by atoms with van der Waals surface area (Å²) in [7, 11) is 0. The number of nitrogen functional groups attached to an aromatic ring is 1. The third kappa shape index (κ3) is 1.99. The molecular formula is C10H15N3. The summed E-state index contributed by atoms with van der Waals surface area (Å²) in [6.45, 7) is 3.10. The lowest BCUT2D eigenvalue weighted by Gasteiger charge is -2.24. The molecule has 0 spiro atoms. The fourth-order valence-corrected chi connectivity index (χ4v) is 1.62. The van der Waals surface area contributed by atoms with Crippen LogP contribution in [0.15, 0.2) is 24.3 Å². The lowest BCUT2D eigenvalue weighted by atomic mass is 10.1. The van der Waals surface area contributed by atoms with Crippen LogP contribution in [0.1, 0.15) is 11.6 Å². The molecule has 0 aromatic heterocycles. The van der Waals surface area contributed by atoms with Crippen molar-refractivity contribution in [3.63, 3.8) is 0 Å². The summed E-state index contributed by atoms with van der Waals surface area (Å²) in [5, 5.41) is 6.81. The molecule has 1 aliphatic heterocycles. The van der Waals surface area contributed by atoms with Crippen LogP contribution in [0.4, 0.5) is 5.69 Å². The van der Waals surface area contributed by atoms with Gasteiger partial charge in [0.25, 0.3) is 0 Å². The number of rotatable bonds is 1. The molecule has 70 valence electrons. The van der Waals surface area contributed by atoms with E-state index in [9.17, 15) is 0 Å². The van der Waals surface area contributed by atoms with Gasteiger partial charge in [-0.25, -0.2) is 0 Å². The van der Waals surface area contributed by atoms with Crippen molar-refractivity contribution >= 4 is 5.69 Å². The van der Waals surface area contributed by atoms with E-state index >= 15 is 0 Å². The zero-order chi connectivity index (χ0) is 9.10. The first-order chi connectivity index (χ1) is 6.36. The zero-order valence-corrected chi connectivity index (χ0v) is 7.59. The van der Waals surface area contributed by atoms with Crippen molar-refractivity contribution in [1.82, 2.24) is 10.6 Å². The molecular weight excluding hydrogens is 162 g/mol. The number of nitrogens with one attached hydrogen (secondary N) is 2. The molecule has 0 aliphatic carbocycles. The monoisotopic (exact) mass is 177 g/mol. The highest BCUT2D eigenvalue weighted by molar-refractivity contribution is 5.40. The molecule has 4 N–H and O–H groups in total. The zero-order valence-electron chi connectivity index (χ0n) is 7.59. The Bertz CT molecular complexity index is 262. The van der Waals surface area contributed by atoms with Gasteiger partial charge < -0.3 is 16.4 Å². The van der Waals surface area contributed by atoms with Gasteiger partial charge in [-0.3, -0.25) is 0 Å². The highest BCUT2D eigenvalue weighted by Crippen LogP contribution is 2.14. The van der Waals surface area contributed by atoms with E-state index in [-0.39, 0.29) is 0 Å². The van der Waals surface area contributed by atoms with Gasteiger partial charge in [-0.15, -0.1) is 0 Å². The summed E-state index contributed by atoms with van der Waals surface area (Å²) in [5.74, 6) is 0. The van der Waals surface area contributed by atoms with Crippen LogP contribution >= 0.6 is 0 Å². The Labute approximate surface area is 78.3 Å². The average molecular weight is 177 g/mol. The van der Waals surface area contributed by atoms with Crippen LogP contribution < -0.4 is 16.4 Å². The summed E-state index contributed by atoms with van der Waals surface area (Å²) in [5.41, 5.74) is 7.75. The summed E-state index contributed by atoms with van der Waals surface area (Å²) < 4.78 is 0. The van der Waals surface area contributed by atoms with Crippen molar-refractivity contribution in [2.45, 2.75) is 6.04 Å². The van der Waals surface area contributed by atoms with E-state index < -0.39 is 0 Å². The van der Waals surface area contributed by atoms with Gasteiger partial charge in [0.15, 0.2) is 0 Å². The lowest BCUT2D eigenvalue weighted by molar-refractivity contribution is 0.430. The number of nitrogens with two attached hydrogens (primary N) is 1. The molecule has 1 aromatic rings. The van der Waals surface area contributed by atoms with Gasteiger partial charge >= 0.3 is 0 Å². The van der Waals surface area contributed by atoms with Crippen molar-refractivity contribution in [3.05, 3.63) is 29.8 Å². The summed E-state index contributed by atoms with van der Waals surface area (Å²) in [6.07, 6.45) is 0. The Morgan fingerprint density at radius 1 is 1.15 bits per heavy atom. The molecule has 1 atom stereocenters. The molecule has 0 radical (unpaired) electrons. The Morgan fingerprint density at radius 3 is 2.54 bits per heavy atom. The quantitative estimate of drug-likeness (QED) is 0.548. The molecule has 3 nitrogen and oxygen atoms in total. The van der Waals surface area contributed by atoms with E-state index in [2.05, 4.69) is 22.8 Å². The molecule has 1 aliphatic rings. The minimum absolute atomic E-state index is 0.439. The fourth-order valence-electron chi connectivity index (χ4n) is 1.62. The molecule has 1 heterocycles. The largest absolute Gasteiger partial charge is 0.399 e. The van der Waals surface area contributed by atoms with Crippen LogP contribution in [0.25, 0.3) is 0 Å². The van der Waals surface area contributed by atoms with E-state index in [0.29, 0.717) is 6.04 Å². The fraction of sp³-hybridized carbons (Fsp3) is 0.400.